The summed E-state index contributed by atoms with van der Waals surface area (Å²) < 4.78 is 0. The summed E-state index contributed by atoms with van der Waals surface area (Å²) in [6.07, 6.45) is 1.41. The van der Waals surface area contributed by atoms with Crippen molar-refractivity contribution in [3.8, 4) is 11.4 Å². The van der Waals surface area contributed by atoms with Crippen LogP contribution in [-0.2, 0) is 20.1 Å². The normalized spacial score (nSPS) is 10.4. The standard InChI is InChI=1S/2C15H14N3.C6H5NO2.Ir/c2*1-10-8-9-15(12(3)11(10)2)18-16-13-6-4-5-7-14(13)17-18;8-6(9)5-3-1-2-4-7-5;/h2*4-8H,1-3H3;1-4H,(H,8,9);/q2*-1;;+3/p-1. The molecule has 3 heterocycles. The molecule has 4 aromatic carbocycles. The van der Waals surface area contributed by atoms with Gasteiger partial charge in [-0.05, 0) is 47.8 Å². The molecule has 46 heavy (non-hydrogen) atoms. The molecule has 0 radical (unpaired) electrons. The summed E-state index contributed by atoms with van der Waals surface area (Å²) in [6.45, 7) is 12.6. The van der Waals surface area contributed by atoms with Crippen LogP contribution >= 0.6 is 0 Å². The molecule has 3 aromatic heterocycles. The number of hydrogen-bond acceptors (Lipinski definition) is 7. The molecule has 0 unspecified atom stereocenters. The van der Waals surface area contributed by atoms with E-state index < -0.39 is 5.97 Å². The number of aryl methyl sites for hydroxylation is 2. The first-order valence-corrected chi connectivity index (χ1v) is 14.4. The zero-order valence-electron chi connectivity index (χ0n) is 26.4. The van der Waals surface area contributed by atoms with Gasteiger partial charge in [0, 0.05) is 6.20 Å². The van der Waals surface area contributed by atoms with Crippen LogP contribution in [0.1, 0.15) is 43.9 Å². The van der Waals surface area contributed by atoms with Crippen LogP contribution in [0, 0.1) is 53.7 Å². The average molecular weight is 787 g/mol. The smallest absolute Gasteiger partial charge is 0.543 e. The summed E-state index contributed by atoms with van der Waals surface area (Å²) in [6, 6.07) is 30.9. The first-order valence-electron chi connectivity index (χ1n) is 14.4. The minimum Gasteiger partial charge on any atom is -0.543 e. The molecule has 232 valence electrons. The first-order chi connectivity index (χ1) is 21.6. The van der Waals surface area contributed by atoms with Crippen molar-refractivity contribution in [3.05, 3.63) is 136 Å². The van der Waals surface area contributed by atoms with Gasteiger partial charge in [0.2, 0.25) is 0 Å². The van der Waals surface area contributed by atoms with Crippen molar-refractivity contribution in [2.75, 3.05) is 0 Å². The van der Waals surface area contributed by atoms with Crippen molar-refractivity contribution in [2.45, 2.75) is 41.5 Å². The van der Waals surface area contributed by atoms with E-state index in [9.17, 15) is 9.90 Å². The number of hydrogen-bond donors (Lipinski definition) is 0. The van der Waals surface area contributed by atoms with E-state index in [1.807, 2.05) is 60.7 Å². The topological polar surface area (TPSA) is 114 Å². The minimum atomic E-state index is -1.24. The van der Waals surface area contributed by atoms with Gasteiger partial charge < -0.3 is 9.90 Å². The Morgan fingerprint density at radius 2 is 0.957 bits per heavy atom. The molecule has 10 heteroatoms. The van der Waals surface area contributed by atoms with E-state index in [0.717, 1.165) is 33.4 Å². The maximum Gasteiger partial charge on any atom is 3.00 e. The molecule has 7 rings (SSSR count). The second kappa shape index (κ2) is 14.8. The van der Waals surface area contributed by atoms with Gasteiger partial charge in [0.1, 0.15) is 22.1 Å². The summed E-state index contributed by atoms with van der Waals surface area (Å²) >= 11 is 0. The molecule has 0 aliphatic heterocycles. The summed E-state index contributed by atoms with van der Waals surface area (Å²) in [7, 11) is 0. The Bertz CT molecular complexity index is 1930. The maximum atomic E-state index is 10.0. The van der Waals surface area contributed by atoms with E-state index in [1.165, 1.54) is 45.6 Å². The van der Waals surface area contributed by atoms with Gasteiger partial charge in [-0.15, -0.1) is 11.1 Å². The fourth-order valence-corrected chi connectivity index (χ4v) is 4.55. The van der Waals surface area contributed by atoms with Gasteiger partial charge in [-0.2, -0.15) is 76.5 Å². The predicted molar refractivity (Wildman–Crippen MR) is 172 cm³/mol. The molecule has 7 aromatic rings. The molecule has 0 bridgehead atoms. The molecule has 0 atom stereocenters. The number of aromatic carboxylic acids is 1. The Morgan fingerprint density at radius 3 is 1.26 bits per heavy atom. The number of rotatable bonds is 3. The molecular formula is C36H32IrN7O2. The number of fused-ring (bicyclic) bond motifs is 2. The number of aromatic nitrogens is 7. The fourth-order valence-electron chi connectivity index (χ4n) is 4.55. The van der Waals surface area contributed by atoms with Crippen molar-refractivity contribution in [1.82, 2.24) is 35.0 Å². The number of pyridine rings is 1. The number of carbonyl (C=O) groups excluding carboxylic acids is 1. The molecule has 9 nitrogen and oxygen atoms in total. The van der Waals surface area contributed by atoms with E-state index in [0.29, 0.717) is 0 Å². The van der Waals surface area contributed by atoms with Crippen LogP contribution in [0.5, 0.6) is 0 Å². The SMILES string of the molecule is Cc1c[c-]c(-n2nc3ccccc3n2)c(C)c1C.Cc1c[c-]c(-n2nc3ccccc3n2)c(C)c1C.O=C([O-])c1ccccn1.[Ir+3]. The Morgan fingerprint density at radius 1 is 0.587 bits per heavy atom. The maximum absolute atomic E-state index is 10.0. The van der Waals surface area contributed by atoms with Gasteiger partial charge in [-0.1, -0.05) is 71.9 Å². The van der Waals surface area contributed by atoms with Crippen LogP contribution in [-0.4, -0.2) is 40.9 Å². The van der Waals surface area contributed by atoms with Gasteiger partial charge >= 0.3 is 20.1 Å². The molecule has 0 N–H and O–H groups in total. The summed E-state index contributed by atoms with van der Waals surface area (Å²) in [5.74, 6) is -1.24. The molecule has 0 fully saturated rings. The van der Waals surface area contributed by atoms with Crippen LogP contribution in [0.15, 0.2) is 85.1 Å². The molecular weight excluding hydrogens is 755 g/mol. The Hall–Kier alpha value is -5.05. The Labute approximate surface area is 281 Å². The zero-order chi connectivity index (χ0) is 32.1. The monoisotopic (exact) mass is 787 g/mol. The Kier molecular flexibility index (Phi) is 10.9. The van der Waals surface area contributed by atoms with Crippen molar-refractivity contribution in [1.29, 1.82) is 0 Å². The van der Waals surface area contributed by atoms with Gasteiger partial charge in [0.15, 0.2) is 0 Å². The zero-order valence-corrected chi connectivity index (χ0v) is 28.8. The van der Waals surface area contributed by atoms with E-state index in [1.54, 1.807) is 21.7 Å². The van der Waals surface area contributed by atoms with Crippen LogP contribution in [0.25, 0.3) is 33.4 Å². The third-order valence-electron chi connectivity index (χ3n) is 7.72. The third-order valence-corrected chi connectivity index (χ3v) is 7.72. The van der Waals surface area contributed by atoms with Gasteiger partial charge in [-0.3, -0.25) is 4.98 Å². The number of carboxylic acids is 1. The van der Waals surface area contributed by atoms with E-state index in [-0.39, 0.29) is 25.8 Å². The number of nitrogens with zero attached hydrogens (tertiary/aromatic N) is 7. The van der Waals surface area contributed by atoms with Crippen molar-refractivity contribution in [2.24, 2.45) is 0 Å². The quantitative estimate of drug-likeness (QED) is 0.210. The number of carboxylic acid groups (broad SMARTS) is 1. The van der Waals surface area contributed by atoms with Crippen LogP contribution in [0.3, 0.4) is 0 Å². The largest absolute Gasteiger partial charge is 3.00 e. The Balaban J connectivity index is 0.000000164. The predicted octanol–water partition coefficient (Wildman–Crippen LogP) is 5.73. The van der Waals surface area contributed by atoms with Crippen molar-refractivity contribution < 1.29 is 30.0 Å². The average Bonchev–Trinajstić information content (AvgIpc) is 3.68. The van der Waals surface area contributed by atoms with Crippen LogP contribution < -0.4 is 5.11 Å². The second-order valence-electron chi connectivity index (χ2n) is 10.6. The first kappa shape index (κ1) is 33.8. The van der Waals surface area contributed by atoms with Gasteiger partial charge in [-0.25, -0.2) is 0 Å². The van der Waals surface area contributed by atoms with E-state index >= 15 is 0 Å². The van der Waals surface area contributed by atoms with Crippen molar-refractivity contribution in [3.63, 3.8) is 0 Å². The molecule has 0 spiro atoms. The van der Waals surface area contributed by atoms with E-state index in [4.69, 9.17) is 0 Å². The summed E-state index contributed by atoms with van der Waals surface area (Å²) in [5.41, 5.74) is 12.8. The molecule has 0 aliphatic carbocycles. The van der Waals surface area contributed by atoms with Crippen LogP contribution in [0.4, 0.5) is 0 Å². The molecule has 0 amide bonds. The van der Waals surface area contributed by atoms with Gasteiger partial charge in [0.05, 0.1) is 11.7 Å². The molecule has 0 saturated carbocycles. The minimum absolute atomic E-state index is 0. The number of benzene rings is 4. The third kappa shape index (κ3) is 7.42. The second-order valence-corrected chi connectivity index (χ2v) is 10.6. The van der Waals surface area contributed by atoms with Crippen LogP contribution in [0.2, 0.25) is 0 Å². The van der Waals surface area contributed by atoms with E-state index in [2.05, 4.69) is 79.1 Å². The summed E-state index contributed by atoms with van der Waals surface area (Å²) in [4.78, 5) is 16.9. The van der Waals surface area contributed by atoms with Crippen molar-refractivity contribution >= 4 is 28.0 Å². The number of carbonyl (C=O) groups is 1. The summed E-state index contributed by atoms with van der Waals surface area (Å²) in [5, 5.41) is 28.0. The molecule has 0 aliphatic rings. The van der Waals surface area contributed by atoms with Gasteiger partial charge in [0.25, 0.3) is 0 Å². The fraction of sp³-hybridized carbons (Fsp3) is 0.167. The molecule has 0 saturated heterocycles.